The molecule has 0 amide bonds. The van der Waals surface area contributed by atoms with Crippen LogP contribution >= 0.6 is 0 Å². The molecule has 0 heterocycles. The zero-order valence-electron chi connectivity index (χ0n) is 10.5. The minimum atomic E-state index is 0.819. The van der Waals surface area contributed by atoms with Gasteiger partial charge in [0.25, 0.3) is 0 Å². The van der Waals surface area contributed by atoms with E-state index < -0.39 is 0 Å². The molecule has 0 aromatic carbocycles. The second-order valence-electron chi connectivity index (χ2n) is 5.04. The van der Waals surface area contributed by atoms with Crippen LogP contribution in [0.5, 0.6) is 0 Å². The molecule has 1 nitrogen and oxygen atoms in total. The van der Waals surface area contributed by atoms with E-state index in [1.54, 1.807) is 0 Å². The SMILES string of the molecule is CC(C)CCCCOCCCC(C)C. The zero-order valence-corrected chi connectivity index (χ0v) is 10.5. The van der Waals surface area contributed by atoms with Crippen molar-refractivity contribution in [3.63, 3.8) is 0 Å². The Morgan fingerprint density at radius 1 is 0.714 bits per heavy atom. The van der Waals surface area contributed by atoms with Gasteiger partial charge >= 0.3 is 0 Å². The third-order valence-corrected chi connectivity index (χ3v) is 2.39. The normalized spacial score (nSPS) is 11.6. The van der Waals surface area contributed by atoms with Crippen molar-refractivity contribution in [3.05, 3.63) is 0 Å². The van der Waals surface area contributed by atoms with Crippen LogP contribution in [0.4, 0.5) is 0 Å². The molecule has 0 saturated carbocycles. The molecular weight excluding hydrogens is 172 g/mol. The molecule has 0 bridgehead atoms. The van der Waals surface area contributed by atoms with E-state index in [1.807, 2.05) is 0 Å². The maximum Gasteiger partial charge on any atom is 0.0466 e. The van der Waals surface area contributed by atoms with E-state index in [0.29, 0.717) is 0 Å². The summed E-state index contributed by atoms with van der Waals surface area (Å²) in [4.78, 5) is 0. The highest BCUT2D eigenvalue weighted by atomic mass is 16.5. The molecule has 0 saturated heterocycles. The summed E-state index contributed by atoms with van der Waals surface area (Å²) in [7, 11) is 0. The van der Waals surface area contributed by atoms with Crippen molar-refractivity contribution in [2.75, 3.05) is 13.2 Å². The highest BCUT2D eigenvalue weighted by Crippen LogP contribution is 2.07. The number of hydrogen-bond donors (Lipinski definition) is 0. The fraction of sp³-hybridized carbons (Fsp3) is 1.00. The van der Waals surface area contributed by atoms with Crippen molar-refractivity contribution in [3.8, 4) is 0 Å². The van der Waals surface area contributed by atoms with Crippen LogP contribution < -0.4 is 0 Å². The van der Waals surface area contributed by atoms with Crippen LogP contribution in [-0.4, -0.2) is 13.2 Å². The van der Waals surface area contributed by atoms with Gasteiger partial charge in [0.2, 0.25) is 0 Å². The second kappa shape index (κ2) is 9.51. The summed E-state index contributed by atoms with van der Waals surface area (Å²) < 4.78 is 5.57. The molecule has 0 N–H and O–H groups in total. The molecule has 0 unspecified atom stereocenters. The maximum atomic E-state index is 5.57. The van der Waals surface area contributed by atoms with Gasteiger partial charge in [0.1, 0.15) is 0 Å². The molecule has 1 heteroatoms. The summed E-state index contributed by atoms with van der Waals surface area (Å²) in [5.41, 5.74) is 0. The first-order valence-electron chi connectivity index (χ1n) is 6.20. The van der Waals surface area contributed by atoms with E-state index in [-0.39, 0.29) is 0 Å². The van der Waals surface area contributed by atoms with Crippen molar-refractivity contribution in [1.82, 2.24) is 0 Å². The van der Waals surface area contributed by atoms with Crippen LogP contribution in [0.25, 0.3) is 0 Å². The summed E-state index contributed by atoms with van der Waals surface area (Å²) in [5.74, 6) is 1.66. The van der Waals surface area contributed by atoms with E-state index in [4.69, 9.17) is 4.74 Å². The van der Waals surface area contributed by atoms with Gasteiger partial charge in [-0.1, -0.05) is 40.5 Å². The van der Waals surface area contributed by atoms with Gasteiger partial charge in [-0.2, -0.15) is 0 Å². The van der Waals surface area contributed by atoms with Gasteiger partial charge in [0.15, 0.2) is 0 Å². The number of hydrogen-bond acceptors (Lipinski definition) is 1. The summed E-state index contributed by atoms with van der Waals surface area (Å²) in [6, 6.07) is 0. The van der Waals surface area contributed by atoms with Gasteiger partial charge in [0.05, 0.1) is 0 Å². The van der Waals surface area contributed by atoms with E-state index in [9.17, 15) is 0 Å². The molecule has 0 aliphatic heterocycles. The van der Waals surface area contributed by atoms with Crippen molar-refractivity contribution in [2.45, 2.75) is 59.8 Å². The molecule has 0 atom stereocenters. The molecule has 0 aromatic rings. The summed E-state index contributed by atoms with van der Waals surface area (Å²) in [6.07, 6.45) is 6.42. The van der Waals surface area contributed by atoms with Crippen LogP contribution in [0.3, 0.4) is 0 Å². The van der Waals surface area contributed by atoms with Gasteiger partial charge < -0.3 is 4.74 Å². The number of unbranched alkanes of at least 4 members (excludes halogenated alkanes) is 1. The van der Waals surface area contributed by atoms with E-state index in [2.05, 4.69) is 27.7 Å². The van der Waals surface area contributed by atoms with Crippen molar-refractivity contribution in [2.24, 2.45) is 11.8 Å². The second-order valence-corrected chi connectivity index (χ2v) is 5.04. The fourth-order valence-electron chi connectivity index (χ4n) is 1.45. The molecule has 86 valence electrons. The van der Waals surface area contributed by atoms with Crippen LogP contribution in [0.15, 0.2) is 0 Å². The van der Waals surface area contributed by atoms with Crippen LogP contribution in [0.1, 0.15) is 59.8 Å². The zero-order chi connectivity index (χ0) is 10.8. The van der Waals surface area contributed by atoms with E-state index >= 15 is 0 Å². The van der Waals surface area contributed by atoms with Gasteiger partial charge in [0, 0.05) is 13.2 Å². The third kappa shape index (κ3) is 12.0. The summed E-state index contributed by atoms with van der Waals surface area (Å²) >= 11 is 0. The summed E-state index contributed by atoms with van der Waals surface area (Å²) in [6.45, 7) is 11.0. The molecule has 0 aliphatic carbocycles. The van der Waals surface area contributed by atoms with E-state index in [0.717, 1.165) is 25.0 Å². The van der Waals surface area contributed by atoms with E-state index in [1.165, 1.54) is 32.1 Å². The molecule has 0 fully saturated rings. The van der Waals surface area contributed by atoms with Crippen LogP contribution in [-0.2, 0) is 4.74 Å². The lowest BCUT2D eigenvalue weighted by molar-refractivity contribution is 0.123. The Kier molecular flexibility index (Phi) is 9.49. The van der Waals surface area contributed by atoms with Crippen LogP contribution in [0.2, 0.25) is 0 Å². The molecule has 0 aliphatic rings. The molecule has 0 radical (unpaired) electrons. The largest absolute Gasteiger partial charge is 0.381 e. The highest BCUT2D eigenvalue weighted by Gasteiger charge is 1.96. The third-order valence-electron chi connectivity index (χ3n) is 2.39. The van der Waals surface area contributed by atoms with Crippen molar-refractivity contribution in [1.29, 1.82) is 0 Å². The number of rotatable bonds is 9. The van der Waals surface area contributed by atoms with Crippen molar-refractivity contribution >= 4 is 0 Å². The lowest BCUT2D eigenvalue weighted by atomic mass is 10.1. The Balaban J connectivity index is 2.92. The predicted molar refractivity (Wildman–Crippen MR) is 63.6 cm³/mol. The first-order valence-corrected chi connectivity index (χ1v) is 6.20. The first-order chi connectivity index (χ1) is 6.63. The average Bonchev–Trinajstić information content (AvgIpc) is 2.08. The quantitative estimate of drug-likeness (QED) is 0.505. The lowest BCUT2D eigenvalue weighted by Crippen LogP contribution is -1.99. The predicted octanol–water partition coefficient (Wildman–Crippen LogP) is 4.27. The smallest absolute Gasteiger partial charge is 0.0466 e. The molecule has 0 aromatic heterocycles. The minimum Gasteiger partial charge on any atom is -0.381 e. The Morgan fingerprint density at radius 3 is 1.79 bits per heavy atom. The summed E-state index contributed by atoms with van der Waals surface area (Å²) in [5, 5.41) is 0. The van der Waals surface area contributed by atoms with Gasteiger partial charge in [-0.25, -0.2) is 0 Å². The van der Waals surface area contributed by atoms with Crippen LogP contribution in [0, 0.1) is 11.8 Å². The van der Waals surface area contributed by atoms with Gasteiger partial charge in [-0.15, -0.1) is 0 Å². The fourth-order valence-corrected chi connectivity index (χ4v) is 1.45. The van der Waals surface area contributed by atoms with Gasteiger partial charge in [-0.3, -0.25) is 0 Å². The first kappa shape index (κ1) is 14.0. The topological polar surface area (TPSA) is 9.23 Å². The molecule has 14 heavy (non-hydrogen) atoms. The molecular formula is C13H28O. The maximum absolute atomic E-state index is 5.57. The number of ether oxygens (including phenoxy) is 1. The Bertz CT molecular complexity index is 93.8. The minimum absolute atomic E-state index is 0.819. The lowest BCUT2D eigenvalue weighted by Gasteiger charge is -2.07. The standard InChI is InChI=1S/C13H28O/c1-12(2)8-5-6-10-14-11-7-9-13(3)4/h12-13H,5-11H2,1-4H3. The average molecular weight is 200 g/mol. The monoisotopic (exact) mass is 200 g/mol. The highest BCUT2D eigenvalue weighted by molar-refractivity contribution is 4.47. The Labute approximate surface area is 90.2 Å². The molecule has 0 spiro atoms. The Morgan fingerprint density at radius 2 is 1.21 bits per heavy atom. The van der Waals surface area contributed by atoms with Gasteiger partial charge in [-0.05, 0) is 31.1 Å². The Hall–Kier alpha value is -0.0400. The van der Waals surface area contributed by atoms with Crippen molar-refractivity contribution < 1.29 is 4.74 Å². The molecule has 0 rings (SSSR count).